The highest BCUT2D eigenvalue weighted by Crippen LogP contribution is 2.51. The van der Waals surface area contributed by atoms with Crippen molar-refractivity contribution in [3.8, 4) is 0 Å². The number of guanidine groups is 1. The monoisotopic (exact) mass is 339 g/mol. The van der Waals surface area contributed by atoms with Gasteiger partial charge in [0.05, 0.1) is 5.60 Å². The van der Waals surface area contributed by atoms with E-state index in [1.807, 2.05) is 7.11 Å². The minimum Gasteiger partial charge on any atom is -0.381 e. The van der Waals surface area contributed by atoms with Gasteiger partial charge in [0.15, 0.2) is 5.96 Å². The van der Waals surface area contributed by atoms with Crippen LogP contribution >= 0.6 is 0 Å². The predicted molar refractivity (Wildman–Crippen MR) is 99.5 cm³/mol. The molecule has 0 radical (unpaired) electrons. The number of hydrogen-bond donors (Lipinski definition) is 1. The van der Waals surface area contributed by atoms with Crippen molar-refractivity contribution < 1.29 is 9.47 Å². The minimum absolute atomic E-state index is 0.0529. The van der Waals surface area contributed by atoms with Gasteiger partial charge in [-0.1, -0.05) is 13.8 Å². The maximum Gasteiger partial charge on any atom is 0.193 e. The summed E-state index contributed by atoms with van der Waals surface area (Å²) in [7, 11) is 3.97. The molecule has 1 saturated heterocycles. The highest BCUT2D eigenvalue weighted by molar-refractivity contribution is 5.80. The number of nitrogens with zero attached hydrogens (tertiary/aromatic N) is 2. The minimum atomic E-state index is -0.0529. The van der Waals surface area contributed by atoms with E-state index in [4.69, 9.17) is 14.5 Å². The first-order valence-electron chi connectivity index (χ1n) is 9.49. The van der Waals surface area contributed by atoms with Crippen LogP contribution in [0.4, 0.5) is 0 Å². The predicted octanol–water partition coefficient (Wildman–Crippen LogP) is 2.90. The van der Waals surface area contributed by atoms with Gasteiger partial charge in [-0.15, -0.1) is 0 Å². The lowest BCUT2D eigenvalue weighted by atomic mass is 9.56. The SMILES string of the molecule is CCN=C(NC1CC(C)(OC)C1(C)C)N(C)CCC1CCOCC1. The third kappa shape index (κ3) is 4.05. The van der Waals surface area contributed by atoms with Gasteiger partial charge in [0.2, 0.25) is 0 Å². The lowest BCUT2D eigenvalue weighted by molar-refractivity contribution is -0.176. The highest BCUT2D eigenvalue weighted by atomic mass is 16.5. The van der Waals surface area contributed by atoms with E-state index in [0.717, 1.165) is 44.6 Å². The van der Waals surface area contributed by atoms with Crippen LogP contribution in [0.2, 0.25) is 0 Å². The van der Waals surface area contributed by atoms with Crippen LogP contribution in [-0.4, -0.2) is 63.0 Å². The van der Waals surface area contributed by atoms with Crippen LogP contribution in [0.3, 0.4) is 0 Å². The largest absolute Gasteiger partial charge is 0.381 e. The summed E-state index contributed by atoms with van der Waals surface area (Å²) in [5, 5.41) is 3.69. The van der Waals surface area contributed by atoms with Crippen molar-refractivity contribution in [3.63, 3.8) is 0 Å². The van der Waals surface area contributed by atoms with Gasteiger partial charge in [0.1, 0.15) is 0 Å². The first kappa shape index (κ1) is 19.5. The molecule has 24 heavy (non-hydrogen) atoms. The third-order valence-corrected chi connectivity index (χ3v) is 6.46. The molecule has 2 atom stereocenters. The number of ether oxygens (including phenoxy) is 2. The lowest BCUT2D eigenvalue weighted by Gasteiger charge is -2.59. The first-order valence-corrected chi connectivity index (χ1v) is 9.49. The molecule has 1 saturated carbocycles. The van der Waals surface area contributed by atoms with E-state index in [2.05, 4.69) is 45.0 Å². The molecule has 0 amide bonds. The molecule has 5 heteroatoms. The smallest absolute Gasteiger partial charge is 0.193 e. The van der Waals surface area contributed by atoms with Gasteiger partial charge >= 0.3 is 0 Å². The second-order valence-corrected chi connectivity index (χ2v) is 8.12. The molecule has 1 aliphatic heterocycles. The van der Waals surface area contributed by atoms with Crippen LogP contribution in [0.15, 0.2) is 4.99 Å². The summed E-state index contributed by atoms with van der Waals surface area (Å²) in [6.45, 7) is 12.6. The van der Waals surface area contributed by atoms with E-state index in [9.17, 15) is 0 Å². The fourth-order valence-electron chi connectivity index (χ4n) is 3.82. The molecule has 2 rings (SSSR count). The van der Waals surface area contributed by atoms with E-state index >= 15 is 0 Å². The Balaban J connectivity index is 1.88. The molecule has 2 fully saturated rings. The zero-order valence-corrected chi connectivity index (χ0v) is 16.5. The molecule has 0 aromatic heterocycles. The van der Waals surface area contributed by atoms with Gasteiger partial charge < -0.3 is 19.7 Å². The highest BCUT2D eigenvalue weighted by Gasteiger charge is 2.58. The third-order valence-electron chi connectivity index (χ3n) is 6.46. The Labute approximate surface area is 148 Å². The molecule has 5 nitrogen and oxygen atoms in total. The van der Waals surface area contributed by atoms with Crippen LogP contribution in [0, 0.1) is 11.3 Å². The Morgan fingerprint density at radius 3 is 2.50 bits per heavy atom. The summed E-state index contributed by atoms with van der Waals surface area (Å²) in [6.07, 6.45) is 4.63. The molecule has 2 aliphatic rings. The van der Waals surface area contributed by atoms with Gasteiger partial charge in [-0.2, -0.15) is 0 Å². The Morgan fingerprint density at radius 1 is 1.29 bits per heavy atom. The van der Waals surface area contributed by atoms with E-state index in [-0.39, 0.29) is 11.0 Å². The van der Waals surface area contributed by atoms with Crippen LogP contribution in [0.1, 0.15) is 53.4 Å². The zero-order valence-electron chi connectivity index (χ0n) is 16.5. The molecule has 0 spiro atoms. The van der Waals surface area contributed by atoms with Gasteiger partial charge in [0, 0.05) is 51.9 Å². The summed E-state index contributed by atoms with van der Waals surface area (Å²) in [6, 6.07) is 0.401. The van der Waals surface area contributed by atoms with Crippen LogP contribution in [0.25, 0.3) is 0 Å². The maximum atomic E-state index is 5.74. The number of methoxy groups -OCH3 is 1. The quantitative estimate of drug-likeness (QED) is 0.597. The van der Waals surface area contributed by atoms with Crippen LogP contribution < -0.4 is 5.32 Å². The molecule has 0 aromatic carbocycles. The van der Waals surface area contributed by atoms with Gasteiger partial charge in [0.25, 0.3) is 0 Å². The maximum absolute atomic E-state index is 5.74. The molecule has 1 aliphatic carbocycles. The van der Waals surface area contributed by atoms with Crippen molar-refractivity contribution >= 4 is 5.96 Å². The fourth-order valence-corrected chi connectivity index (χ4v) is 3.82. The normalized spacial score (nSPS) is 30.8. The summed E-state index contributed by atoms with van der Waals surface area (Å²) in [5.74, 6) is 1.82. The van der Waals surface area contributed by atoms with E-state index in [0.29, 0.717) is 6.04 Å². The Kier molecular flexibility index (Phi) is 6.54. The van der Waals surface area contributed by atoms with E-state index in [1.165, 1.54) is 19.3 Å². The lowest BCUT2D eigenvalue weighted by Crippen LogP contribution is -2.69. The number of aliphatic imine (C=N–C) groups is 1. The molecular weight excluding hydrogens is 302 g/mol. The van der Waals surface area contributed by atoms with E-state index in [1.54, 1.807) is 0 Å². The molecule has 0 aromatic rings. The van der Waals surface area contributed by atoms with Crippen molar-refractivity contribution in [2.24, 2.45) is 16.3 Å². The summed E-state index contributed by atoms with van der Waals surface area (Å²) in [5.41, 5.74) is 0.0421. The summed E-state index contributed by atoms with van der Waals surface area (Å²) < 4.78 is 11.2. The van der Waals surface area contributed by atoms with Gasteiger partial charge in [-0.05, 0) is 45.4 Å². The average molecular weight is 340 g/mol. The van der Waals surface area contributed by atoms with Gasteiger partial charge in [-0.25, -0.2) is 0 Å². The second kappa shape index (κ2) is 8.05. The Bertz CT molecular complexity index is 432. The Morgan fingerprint density at radius 2 is 1.96 bits per heavy atom. The van der Waals surface area contributed by atoms with E-state index < -0.39 is 0 Å². The summed E-state index contributed by atoms with van der Waals surface area (Å²) in [4.78, 5) is 7.00. The van der Waals surface area contributed by atoms with Crippen molar-refractivity contribution in [1.29, 1.82) is 0 Å². The van der Waals surface area contributed by atoms with Crippen molar-refractivity contribution in [3.05, 3.63) is 0 Å². The second-order valence-electron chi connectivity index (χ2n) is 8.12. The number of nitrogens with one attached hydrogen (secondary N) is 1. The molecule has 0 bridgehead atoms. The topological polar surface area (TPSA) is 46.1 Å². The molecule has 2 unspecified atom stereocenters. The Hall–Kier alpha value is -0.810. The average Bonchev–Trinajstić information content (AvgIpc) is 2.59. The van der Waals surface area contributed by atoms with Crippen LogP contribution in [0.5, 0.6) is 0 Å². The number of rotatable bonds is 6. The standard InChI is InChI=1S/C19H37N3O2/c1-7-20-17(21-16-14-19(4,23-6)18(16,2)3)22(5)11-8-15-9-12-24-13-10-15/h15-16H,7-14H2,1-6H3,(H,20,21). The molecular formula is C19H37N3O2. The first-order chi connectivity index (χ1) is 11.3. The number of hydrogen-bond acceptors (Lipinski definition) is 3. The molecule has 1 N–H and O–H groups in total. The molecule has 1 heterocycles. The van der Waals surface area contributed by atoms with Crippen molar-refractivity contribution in [1.82, 2.24) is 10.2 Å². The zero-order chi connectivity index (χ0) is 17.8. The summed E-state index contributed by atoms with van der Waals surface area (Å²) >= 11 is 0. The van der Waals surface area contributed by atoms with Gasteiger partial charge in [-0.3, -0.25) is 4.99 Å². The van der Waals surface area contributed by atoms with Crippen molar-refractivity contribution in [2.75, 3.05) is 40.5 Å². The molecule has 140 valence electrons. The van der Waals surface area contributed by atoms with Crippen LogP contribution in [-0.2, 0) is 9.47 Å². The fraction of sp³-hybridized carbons (Fsp3) is 0.947. The van der Waals surface area contributed by atoms with Crippen molar-refractivity contribution in [2.45, 2.75) is 65.0 Å².